The molecule has 25 heavy (non-hydrogen) atoms. The van der Waals surface area contributed by atoms with Crippen molar-refractivity contribution in [1.82, 2.24) is 0 Å². The van der Waals surface area contributed by atoms with Gasteiger partial charge in [0.25, 0.3) is 0 Å². The second kappa shape index (κ2) is 13.6. The van der Waals surface area contributed by atoms with Gasteiger partial charge in [0.15, 0.2) is 0 Å². The van der Waals surface area contributed by atoms with E-state index in [0.717, 1.165) is 17.5 Å². The van der Waals surface area contributed by atoms with Gasteiger partial charge in [-0.1, -0.05) is 24.3 Å². The van der Waals surface area contributed by atoms with E-state index >= 15 is 0 Å². The molecule has 8 heteroatoms. The van der Waals surface area contributed by atoms with Gasteiger partial charge in [-0.2, -0.15) is 9.98 Å². The van der Waals surface area contributed by atoms with Crippen molar-refractivity contribution in [3.8, 4) is 0 Å². The van der Waals surface area contributed by atoms with E-state index in [-0.39, 0.29) is 0 Å². The molecule has 0 saturated heterocycles. The van der Waals surface area contributed by atoms with E-state index in [2.05, 4.69) is 9.98 Å². The molecule has 0 aliphatic rings. The summed E-state index contributed by atoms with van der Waals surface area (Å²) in [4.78, 5) is 43.8. The van der Waals surface area contributed by atoms with Gasteiger partial charge in [-0.15, -0.1) is 0 Å². The lowest BCUT2D eigenvalue weighted by Crippen LogP contribution is -1.86. The highest BCUT2D eigenvalue weighted by Crippen LogP contribution is 2.17. The van der Waals surface area contributed by atoms with Crippen LogP contribution in [0.2, 0.25) is 0 Å². The number of nitrogens with zero attached hydrogens (tertiary/aromatic N) is 4. The van der Waals surface area contributed by atoms with Crippen LogP contribution in [0.5, 0.6) is 0 Å². The molecule has 0 unspecified atom stereocenters. The number of aliphatic imine (C=N–C) groups is 2. The molecule has 0 aromatic heterocycles. The maximum atomic E-state index is 10.1. The van der Waals surface area contributed by atoms with Crippen molar-refractivity contribution >= 4 is 35.7 Å². The van der Waals surface area contributed by atoms with Crippen molar-refractivity contribution in [2.24, 2.45) is 9.98 Å². The first kappa shape index (κ1) is 21.0. The minimum atomic E-state index is 0.500. The highest BCUT2D eigenvalue weighted by molar-refractivity contribution is 5.51. The van der Waals surface area contributed by atoms with Gasteiger partial charge in [-0.3, -0.25) is 9.59 Å². The van der Waals surface area contributed by atoms with Gasteiger partial charge in [0.2, 0.25) is 12.2 Å². The fourth-order valence-corrected chi connectivity index (χ4v) is 1.72. The summed E-state index contributed by atoms with van der Waals surface area (Å²) < 4.78 is 0. The third kappa shape index (κ3) is 9.55. The van der Waals surface area contributed by atoms with Gasteiger partial charge < -0.3 is 10.8 Å². The van der Waals surface area contributed by atoms with Crippen molar-refractivity contribution in [1.29, 1.82) is 0 Å². The highest BCUT2D eigenvalue weighted by atomic mass is 16.1. The molecule has 0 aliphatic carbocycles. The lowest BCUT2D eigenvalue weighted by molar-refractivity contribution is 0.564. The molecule has 0 N–H and O–H groups in total. The SMILES string of the molecule is O=C=Nc1ccc(Cc2ccc(N=C=O)cc2)cc1.[N-]=C=O.[N-]=C=O. The summed E-state index contributed by atoms with van der Waals surface area (Å²) in [6.45, 7) is 0. The predicted octanol–water partition coefficient (Wildman–Crippen LogP) is 3.00. The first-order valence-electron chi connectivity index (χ1n) is 6.51. The molecule has 8 nitrogen and oxygen atoms in total. The van der Waals surface area contributed by atoms with E-state index in [4.69, 9.17) is 20.4 Å². The van der Waals surface area contributed by atoms with Crippen molar-refractivity contribution in [2.45, 2.75) is 6.42 Å². The van der Waals surface area contributed by atoms with Gasteiger partial charge in [-0.25, -0.2) is 9.59 Å². The fourth-order valence-electron chi connectivity index (χ4n) is 1.72. The molecule has 0 bridgehead atoms. The van der Waals surface area contributed by atoms with E-state index in [9.17, 15) is 9.59 Å². The third-order valence-electron chi connectivity index (χ3n) is 2.63. The van der Waals surface area contributed by atoms with Crippen LogP contribution in [0.25, 0.3) is 10.8 Å². The number of benzene rings is 2. The number of hydrogen-bond acceptors (Lipinski definition) is 6. The molecule has 0 atom stereocenters. The maximum absolute atomic E-state index is 10.1. The van der Waals surface area contributed by atoms with Crippen LogP contribution in [0.15, 0.2) is 58.5 Å². The Labute approximate surface area is 142 Å². The number of rotatable bonds is 4. The van der Waals surface area contributed by atoms with Crippen molar-refractivity contribution < 1.29 is 19.2 Å². The minimum Gasteiger partial charge on any atom is -0.724 e. The molecule has 0 heterocycles. The molecule has 0 radical (unpaired) electrons. The van der Waals surface area contributed by atoms with E-state index in [0.29, 0.717) is 23.5 Å². The van der Waals surface area contributed by atoms with Crippen molar-refractivity contribution in [2.75, 3.05) is 0 Å². The molecule has 0 saturated carbocycles. The Morgan fingerprint density at radius 3 is 1.16 bits per heavy atom. The Kier molecular flexibility index (Phi) is 11.4. The minimum absolute atomic E-state index is 0.500. The molecule has 0 fully saturated rings. The summed E-state index contributed by atoms with van der Waals surface area (Å²) in [5.41, 5.74) is 3.40. The van der Waals surface area contributed by atoms with Crippen LogP contribution in [0, 0.1) is 0 Å². The van der Waals surface area contributed by atoms with Gasteiger partial charge in [0.1, 0.15) is 0 Å². The molecular weight excluding hydrogens is 324 g/mol. The molecule has 2 aromatic rings. The molecule has 2 aromatic carbocycles. The summed E-state index contributed by atoms with van der Waals surface area (Å²) in [6.07, 6.45) is 4.77. The van der Waals surface area contributed by atoms with E-state index in [1.54, 1.807) is 24.3 Å². The summed E-state index contributed by atoms with van der Waals surface area (Å²) >= 11 is 0. The molecular formula is C17H10N4O4-2. The smallest absolute Gasteiger partial charge is 0.240 e. The molecule has 0 amide bonds. The number of hydrogen-bond donors (Lipinski definition) is 0. The van der Waals surface area contributed by atoms with Gasteiger partial charge in [0.05, 0.1) is 11.4 Å². The van der Waals surface area contributed by atoms with Gasteiger partial charge >= 0.3 is 0 Å². The first-order chi connectivity index (χ1) is 12.1. The van der Waals surface area contributed by atoms with Crippen molar-refractivity contribution in [3.63, 3.8) is 0 Å². The van der Waals surface area contributed by atoms with Crippen LogP contribution in [0.1, 0.15) is 11.1 Å². The average Bonchev–Trinajstić information content (AvgIpc) is 2.60. The summed E-state index contributed by atoms with van der Waals surface area (Å²) in [5.74, 6) is 0. The topological polar surface area (TPSA) is 138 Å². The zero-order chi connectivity index (χ0) is 18.9. The maximum Gasteiger partial charge on any atom is 0.240 e. The fraction of sp³-hybridized carbons (Fsp3) is 0.0588. The Hall–Kier alpha value is -4.04. The van der Waals surface area contributed by atoms with Crippen LogP contribution in [-0.2, 0) is 25.6 Å². The molecule has 124 valence electrons. The van der Waals surface area contributed by atoms with Crippen LogP contribution >= 0.6 is 0 Å². The largest absolute Gasteiger partial charge is 0.724 e. The highest BCUT2D eigenvalue weighted by Gasteiger charge is 1.97. The first-order valence-corrected chi connectivity index (χ1v) is 6.51. The number of isocyanates is 4. The molecule has 0 spiro atoms. The van der Waals surface area contributed by atoms with Crippen molar-refractivity contribution in [3.05, 3.63) is 70.5 Å². The lowest BCUT2D eigenvalue weighted by atomic mass is 10.0. The Balaban J connectivity index is 0.000000844. The third-order valence-corrected chi connectivity index (χ3v) is 2.63. The molecule has 0 aliphatic heterocycles. The zero-order valence-electron chi connectivity index (χ0n) is 12.7. The number of carbonyl (C=O) groups excluding carboxylic acids is 4. The molecule has 2 rings (SSSR count). The van der Waals surface area contributed by atoms with Gasteiger partial charge in [0, 0.05) is 0 Å². The summed E-state index contributed by atoms with van der Waals surface area (Å²) in [5, 5.41) is 13.5. The van der Waals surface area contributed by atoms with Crippen LogP contribution in [0.4, 0.5) is 11.4 Å². The van der Waals surface area contributed by atoms with E-state index in [1.807, 2.05) is 24.3 Å². The van der Waals surface area contributed by atoms with Crippen LogP contribution in [0.3, 0.4) is 0 Å². The van der Waals surface area contributed by atoms with Crippen LogP contribution in [-0.4, -0.2) is 24.3 Å². The predicted molar refractivity (Wildman–Crippen MR) is 89.4 cm³/mol. The quantitative estimate of drug-likeness (QED) is 0.626. The monoisotopic (exact) mass is 334 g/mol. The second-order valence-electron chi connectivity index (χ2n) is 4.10. The van der Waals surface area contributed by atoms with E-state index < -0.39 is 0 Å². The second-order valence-corrected chi connectivity index (χ2v) is 4.10. The van der Waals surface area contributed by atoms with Crippen LogP contribution < -0.4 is 0 Å². The lowest BCUT2D eigenvalue weighted by Gasteiger charge is -2.02. The Morgan fingerprint density at radius 2 is 0.920 bits per heavy atom. The standard InChI is InChI=1S/C15H10N2O2.2CNO/c18-10-16-14-5-1-12(2-6-14)9-13-3-7-15(8-4-13)17-11-19;2*2-1-3/h1-8H,9H2;;/q;2*-1. The summed E-state index contributed by atoms with van der Waals surface area (Å²) in [6, 6.07) is 14.7. The Morgan fingerprint density at radius 1 is 0.640 bits per heavy atom. The summed E-state index contributed by atoms with van der Waals surface area (Å²) in [7, 11) is 0. The Bertz CT molecular complexity index is 748. The van der Waals surface area contributed by atoms with Gasteiger partial charge in [-0.05, 0) is 54.0 Å². The van der Waals surface area contributed by atoms with E-state index in [1.165, 1.54) is 12.2 Å². The average molecular weight is 334 g/mol. The normalized spacial score (nSPS) is 7.68. The zero-order valence-corrected chi connectivity index (χ0v) is 12.7.